The number of H-pyrrole nitrogens is 1. The molecule has 0 aliphatic carbocycles. The zero-order chi connectivity index (χ0) is 15.5. The van der Waals surface area contributed by atoms with Crippen LogP contribution in [0.1, 0.15) is 12.5 Å². The molecule has 0 amide bonds. The van der Waals surface area contributed by atoms with Crippen LogP contribution in [0.15, 0.2) is 48.7 Å². The predicted octanol–water partition coefficient (Wildman–Crippen LogP) is 3.94. The van der Waals surface area contributed by atoms with Gasteiger partial charge < -0.3 is 15.5 Å². The van der Waals surface area contributed by atoms with Crippen LogP contribution in [0.5, 0.6) is 0 Å². The zero-order valence-corrected chi connectivity index (χ0v) is 13.7. The average molecular weight is 331 g/mol. The average Bonchev–Trinajstić information content (AvgIpc) is 2.96. The number of halogens is 1. The molecule has 120 valence electrons. The molecule has 23 heavy (non-hydrogen) atoms. The summed E-state index contributed by atoms with van der Waals surface area (Å²) in [5, 5.41) is 1.08. The number of nitrogens with two attached hydrogens (primary N) is 1. The molecule has 3 rings (SSSR count). The van der Waals surface area contributed by atoms with Gasteiger partial charge in [0.2, 0.25) is 0 Å². The topological polar surface area (TPSA) is 68.1 Å². The molecule has 3 aromatic rings. The number of benzene rings is 2. The molecule has 4 nitrogen and oxygen atoms in total. The van der Waals surface area contributed by atoms with Crippen LogP contribution >= 0.6 is 12.4 Å². The van der Waals surface area contributed by atoms with Gasteiger partial charge in [-0.25, -0.2) is 0 Å². The van der Waals surface area contributed by atoms with E-state index >= 15 is 0 Å². The van der Waals surface area contributed by atoms with Gasteiger partial charge in [-0.2, -0.15) is 0 Å². The molecule has 0 unspecified atom stereocenters. The summed E-state index contributed by atoms with van der Waals surface area (Å²) < 4.78 is 5.00. The number of nitrogens with one attached hydrogen (secondary N) is 1. The van der Waals surface area contributed by atoms with Gasteiger partial charge in [0.05, 0.1) is 13.0 Å². The quantitative estimate of drug-likeness (QED) is 0.562. The van der Waals surface area contributed by atoms with Crippen molar-refractivity contribution in [3.8, 4) is 11.1 Å². The lowest BCUT2D eigenvalue weighted by Gasteiger charge is -2.10. The smallest absolute Gasteiger partial charge is 0.310 e. The predicted molar refractivity (Wildman–Crippen MR) is 95.7 cm³/mol. The minimum atomic E-state index is -0.215. The fraction of sp³-hybridized carbons (Fsp3) is 0.167. The fourth-order valence-electron chi connectivity index (χ4n) is 2.69. The summed E-state index contributed by atoms with van der Waals surface area (Å²) >= 11 is 0. The first-order valence-electron chi connectivity index (χ1n) is 7.29. The highest BCUT2D eigenvalue weighted by molar-refractivity contribution is 6.01. The third kappa shape index (κ3) is 3.48. The summed E-state index contributed by atoms with van der Waals surface area (Å²) in [6.45, 7) is 2.20. The number of fused-ring (bicyclic) bond motifs is 1. The van der Waals surface area contributed by atoms with Crippen molar-refractivity contribution in [3.05, 3.63) is 54.2 Å². The maximum absolute atomic E-state index is 11.6. The number of hydrogen-bond donors (Lipinski definition) is 2. The Labute approximate surface area is 141 Å². The van der Waals surface area contributed by atoms with Crippen LogP contribution in [0.2, 0.25) is 0 Å². The molecular formula is C18H19ClN2O2. The van der Waals surface area contributed by atoms with Crippen LogP contribution in [0.25, 0.3) is 22.0 Å². The molecule has 0 atom stereocenters. The van der Waals surface area contributed by atoms with Crippen LogP contribution in [-0.2, 0) is 16.0 Å². The Morgan fingerprint density at radius 1 is 1.22 bits per heavy atom. The molecule has 0 fully saturated rings. The Morgan fingerprint density at radius 2 is 2.04 bits per heavy atom. The molecule has 0 aliphatic rings. The van der Waals surface area contributed by atoms with Crippen LogP contribution in [0.3, 0.4) is 0 Å². The SMILES string of the molecule is CCOC(=O)Cc1cccc(-c2c(N)ccc3[nH]ccc23)c1.Cl. The molecule has 0 bridgehead atoms. The van der Waals surface area contributed by atoms with Crippen molar-refractivity contribution in [2.75, 3.05) is 12.3 Å². The van der Waals surface area contributed by atoms with Crippen LogP contribution < -0.4 is 5.73 Å². The minimum absolute atomic E-state index is 0. The highest BCUT2D eigenvalue weighted by Gasteiger charge is 2.11. The van der Waals surface area contributed by atoms with Gasteiger partial charge in [-0.1, -0.05) is 24.3 Å². The highest BCUT2D eigenvalue weighted by atomic mass is 35.5. The first-order chi connectivity index (χ1) is 10.7. The molecule has 1 aromatic heterocycles. The van der Waals surface area contributed by atoms with E-state index in [0.29, 0.717) is 6.61 Å². The van der Waals surface area contributed by atoms with E-state index in [1.165, 1.54) is 0 Å². The van der Waals surface area contributed by atoms with E-state index in [4.69, 9.17) is 10.5 Å². The van der Waals surface area contributed by atoms with E-state index in [0.717, 1.165) is 33.3 Å². The van der Waals surface area contributed by atoms with E-state index in [1.54, 1.807) is 0 Å². The van der Waals surface area contributed by atoms with Crippen LogP contribution in [-0.4, -0.2) is 17.6 Å². The van der Waals surface area contributed by atoms with Gasteiger partial charge in [-0.05, 0) is 36.2 Å². The number of aromatic amines is 1. The van der Waals surface area contributed by atoms with Gasteiger partial charge in [0.25, 0.3) is 0 Å². The van der Waals surface area contributed by atoms with Crippen molar-refractivity contribution in [1.82, 2.24) is 4.98 Å². The molecular weight excluding hydrogens is 312 g/mol. The third-order valence-electron chi connectivity index (χ3n) is 3.64. The van der Waals surface area contributed by atoms with Gasteiger partial charge >= 0.3 is 5.97 Å². The van der Waals surface area contributed by atoms with E-state index < -0.39 is 0 Å². The monoisotopic (exact) mass is 330 g/mol. The Morgan fingerprint density at radius 3 is 2.83 bits per heavy atom. The highest BCUT2D eigenvalue weighted by Crippen LogP contribution is 2.34. The van der Waals surface area contributed by atoms with Gasteiger partial charge in [0, 0.05) is 28.4 Å². The number of esters is 1. The summed E-state index contributed by atoms with van der Waals surface area (Å²) in [7, 11) is 0. The summed E-state index contributed by atoms with van der Waals surface area (Å²) in [6.07, 6.45) is 2.17. The fourth-order valence-corrected chi connectivity index (χ4v) is 2.69. The summed E-state index contributed by atoms with van der Waals surface area (Å²) in [5.74, 6) is -0.215. The summed E-state index contributed by atoms with van der Waals surface area (Å²) in [5.41, 5.74) is 10.8. The number of carbonyl (C=O) groups is 1. The Balaban J connectivity index is 0.00000192. The minimum Gasteiger partial charge on any atom is -0.466 e. The van der Waals surface area contributed by atoms with E-state index in [1.807, 2.05) is 55.6 Å². The lowest BCUT2D eigenvalue weighted by molar-refractivity contribution is -0.142. The van der Waals surface area contributed by atoms with E-state index in [2.05, 4.69) is 4.98 Å². The number of anilines is 1. The number of nitrogen functional groups attached to an aromatic ring is 1. The lowest BCUT2D eigenvalue weighted by atomic mass is 9.97. The number of hydrogen-bond acceptors (Lipinski definition) is 3. The number of rotatable bonds is 4. The molecule has 0 spiro atoms. The Hall–Kier alpha value is -2.46. The maximum Gasteiger partial charge on any atom is 0.310 e. The zero-order valence-electron chi connectivity index (χ0n) is 12.8. The molecule has 0 aliphatic heterocycles. The summed E-state index contributed by atoms with van der Waals surface area (Å²) in [6, 6.07) is 13.7. The largest absolute Gasteiger partial charge is 0.466 e. The van der Waals surface area contributed by atoms with Crippen molar-refractivity contribution in [1.29, 1.82) is 0 Å². The molecule has 3 N–H and O–H groups in total. The molecule has 5 heteroatoms. The van der Waals surface area contributed by atoms with Crippen LogP contribution in [0.4, 0.5) is 5.69 Å². The molecule has 0 saturated heterocycles. The van der Waals surface area contributed by atoms with Crippen molar-refractivity contribution in [2.45, 2.75) is 13.3 Å². The van der Waals surface area contributed by atoms with Crippen molar-refractivity contribution >= 4 is 35.0 Å². The van der Waals surface area contributed by atoms with Gasteiger partial charge in [-0.3, -0.25) is 4.79 Å². The van der Waals surface area contributed by atoms with Gasteiger partial charge in [0.15, 0.2) is 0 Å². The van der Waals surface area contributed by atoms with Crippen LogP contribution in [0, 0.1) is 0 Å². The normalized spacial score (nSPS) is 10.3. The second kappa shape index (κ2) is 7.20. The molecule has 0 radical (unpaired) electrons. The number of carbonyl (C=O) groups excluding carboxylic acids is 1. The number of aromatic nitrogens is 1. The van der Waals surface area contributed by atoms with Crippen molar-refractivity contribution in [2.24, 2.45) is 0 Å². The van der Waals surface area contributed by atoms with Gasteiger partial charge in [0.1, 0.15) is 0 Å². The Bertz CT molecular complexity index is 827. The molecule has 1 heterocycles. The van der Waals surface area contributed by atoms with Gasteiger partial charge in [-0.15, -0.1) is 12.4 Å². The Kier molecular flexibility index (Phi) is 5.29. The molecule has 2 aromatic carbocycles. The third-order valence-corrected chi connectivity index (χ3v) is 3.64. The van der Waals surface area contributed by atoms with E-state index in [-0.39, 0.29) is 24.8 Å². The summed E-state index contributed by atoms with van der Waals surface area (Å²) in [4.78, 5) is 14.8. The number of ether oxygens (including phenoxy) is 1. The first-order valence-corrected chi connectivity index (χ1v) is 7.29. The van der Waals surface area contributed by atoms with Crippen molar-refractivity contribution in [3.63, 3.8) is 0 Å². The maximum atomic E-state index is 11.6. The second-order valence-corrected chi connectivity index (χ2v) is 5.15. The first kappa shape index (κ1) is 16.9. The molecule has 0 saturated carbocycles. The second-order valence-electron chi connectivity index (χ2n) is 5.15. The lowest BCUT2D eigenvalue weighted by Crippen LogP contribution is -2.07. The van der Waals surface area contributed by atoms with Crippen molar-refractivity contribution < 1.29 is 9.53 Å². The van der Waals surface area contributed by atoms with E-state index in [9.17, 15) is 4.79 Å². The standard InChI is InChI=1S/C18H18N2O2.ClH/c1-2-22-17(21)11-12-4-3-5-13(10-12)18-14-8-9-20-16(14)7-6-15(18)19;/h3-10,20H,2,11,19H2,1H3;1H.